The SMILES string of the molecule is CCOC(=O)C1=C(C)N=c2sc(=Cc3ccc(N(CC)CC)cc3)c(=O)n2[C@H]1c1ccc(OC(C)=O)cc1. The molecule has 0 radical (unpaired) electrons. The van der Waals surface area contributed by atoms with Gasteiger partial charge in [0.2, 0.25) is 0 Å². The lowest BCUT2D eigenvalue weighted by molar-refractivity contribution is -0.139. The van der Waals surface area contributed by atoms with Crippen LogP contribution >= 0.6 is 11.3 Å². The highest BCUT2D eigenvalue weighted by molar-refractivity contribution is 7.07. The van der Waals surface area contributed by atoms with Crippen LogP contribution in [0.3, 0.4) is 0 Å². The monoisotopic (exact) mass is 533 g/mol. The van der Waals surface area contributed by atoms with Gasteiger partial charge in [-0.15, -0.1) is 0 Å². The summed E-state index contributed by atoms with van der Waals surface area (Å²) in [6.07, 6.45) is 1.85. The van der Waals surface area contributed by atoms with E-state index < -0.39 is 18.0 Å². The number of carbonyl (C=O) groups is 2. The number of hydrogen-bond acceptors (Lipinski definition) is 8. The molecule has 0 amide bonds. The Hall–Kier alpha value is -3.98. The van der Waals surface area contributed by atoms with Gasteiger partial charge in [0.05, 0.1) is 28.5 Å². The third-order valence-corrected chi connectivity index (χ3v) is 7.28. The van der Waals surface area contributed by atoms with Crippen molar-refractivity contribution in [1.82, 2.24) is 4.57 Å². The molecule has 198 valence electrons. The third kappa shape index (κ3) is 5.47. The topological polar surface area (TPSA) is 90.2 Å². The maximum Gasteiger partial charge on any atom is 0.338 e. The molecule has 0 saturated heterocycles. The molecule has 1 atom stereocenters. The first-order valence-electron chi connectivity index (χ1n) is 12.6. The number of fused-ring (bicyclic) bond motifs is 1. The number of ether oxygens (including phenoxy) is 2. The van der Waals surface area contributed by atoms with Gasteiger partial charge in [0, 0.05) is 25.7 Å². The first-order chi connectivity index (χ1) is 18.3. The van der Waals surface area contributed by atoms with Crippen LogP contribution < -0.4 is 24.5 Å². The molecule has 4 rings (SSSR count). The summed E-state index contributed by atoms with van der Waals surface area (Å²) < 4.78 is 12.5. The van der Waals surface area contributed by atoms with Gasteiger partial charge in [0.25, 0.3) is 5.56 Å². The van der Waals surface area contributed by atoms with Crippen LogP contribution in [0.5, 0.6) is 5.75 Å². The van der Waals surface area contributed by atoms with Crippen molar-refractivity contribution in [3.05, 3.63) is 90.6 Å². The molecular weight excluding hydrogens is 502 g/mol. The molecular formula is C29H31N3O5S. The standard InChI is InChI=1S/C29H31N3O5S/c1-6-31(7-2)22-13-9-20(10-14-22)17-24-27(34)32-26(21-11-15-23(16-12-21)37-19(5)33)25(28(35)36-8-3)18(4)30-29(32)38-24/h9-17,26H,6-8H2,1-5H3/t26-/m0/s1. The Morgan fingerprint density at radius 1 is 1.05 bits per heavy atom. The van der Waals surface area contributed by atoms with Crippen molar-refractivity contribution >= 4 is 35.0 Å². The zero-order valence-corrected chi connectivity index (χ0v) is 23.0. The number of thiazole rings is 1. The van der Waals surface area contributed by atoms with E-state index in [9.17, 15) is 14.4 Å². The van der Waals surface area contributed by atoms with E-state index in [-0.39, 0.29) is 12.2 Å². The molecule has 38 heavy (non-hydrogen) atoms. The Morgan fingerprint density at radius 2 is 1.71 bits per heavy atom. The van der Waals surface area contributed by atoms with Crippen LogP contribution in [0.15, 0.2) is 69.6 Å². The van der Waals surface area contributed by atoms with E-state index in [1.165, 1.54) is 18.3 Å². The van der Waals surface area contributed by atoms with Gasteiger partial charge < -0.3 is 14.4 Å². The lowest BCUT2D eigenvalue weighted by Gasteiger charge is -2.24. The fraction of sp³-hybridized carbons (Fsp3) is 0.310. The summed E-state index contributed by atoms with van der Waals surface area (Å²) in [5, 5.41) is 0. The van der Waals surface area contributed by atoms with E-state index in [0.717, 1.165) is 24.3 Å². The fourth-order valence-corrected chi connectivity index (χ4v) is 5.56. The fourth-order valence-electron chi connectivity index (χ4n) is 4.51. The van der Waals surface area contributed by atoms with Crippen molar-refractivity contribution in [2.45, 2.75) is 40.7 Å². The van der Waals surface area contributed by atoms with E-state index in [1.807, 2.05) is 30.3 Å². The maximum atomic E-state index is 13.7. The molecule has 2 aromatic carbocycles. The maximum absolute atomic E-state index is 13.7. The minimum atomic E-state index is -0.733. The highest BCUT2D eigenvalue weighted by atomic mass is 32.1. The second-order valence-corrected chi connectivity index (χ2v) is 9.74. The van der Waals surface area contributed by atoms with E-state index >= 15 is 0 Å². The van der Waals surface area contributed by atoms with Crippen molar-refractivity contribution in [2.24, 2.45) is 4.99 Å². The number of esters is 2. The van der Waals surface area contributed by atoms with E-state index in [0.29, 0.717) is 31.9 Å². The Bertz CT molecular complexity index is 1550. The predicted octanol–water partition coefficient (Wildman–Crippen LogP) is 3.57. The third-order valence-electron chi connectivity index (χ3n) is 6.29. The Balaban J connectivity index is 1.83. The number of nitrogens with zero attached hydrogens (tertiary/aromatic N) is 3. The molecule has 2 heterocycles. The molecule has 1 aliphatic rings. The van der Waals surface area contributed by atoms with Crippen LogP contribution in [-0.4, -0.2) is 36.2 Å². The Morgan fingerprint density at radius 3 is 2.29 bits per heavy atom. The first kappa shape index (κ1) is 27.1. The number of aromatic nitrogens is 1. The number of benzene rings is 2. The van der Waals surface area contributed by atoms with Gasteiger partial charge >= 0.3 is 11.9 Å². The highest BCUT2D eigenvalue weighted by Gasteiger charge is 2.33. The van der Waals surface area contributed by atoms with Gasteiger partial charge in [-0.05, 0) is 69.2 Å². The highest BCUT2D eigenvalue weighted by Crippen LogP contribution is 2.31. The van der Waals surface area contributed by atoms with Crippen LogP contribution in [0.1, 0.15) is 51.8 Å². The number of rotatable bonds is 8. The molecule has 0 saturated carbocycles. The number of anilines is 1. The summed E-state index contributed by atoms with van der Waals surface area (Å²) in [4.78, 5) is 45.5. The molecule has 0 fully saturated rings. The van der Waals surface area contributed by atoms with E-state index in [1.54, 1.807) is 42.7 Å². The summed E-state index contributed by atoms with van der Waals surface area (Å²) in [5.41, 5.74) is 3.25. The van der Waals surface area contributed by atoms with Gasteiger partial charge in [-0.1, -0.05) is 35.6 Å². The summed E-state index contributed by atoms with van der Waals surface area (Å²) in [6.45, 7) is 11.1. The quantitative estimate of drug-likeness (QED) is 0.325. The molecule has 3 aromatic rings. The number of hydrogen-bond donors (Lipinski definition) is 0. The average molecular weight is 534 g/mol. The lowest BCUT2D eigenvalue weighted by atomic mass is 9.96. The van der Waals surface area contributed by atoms with Gasteiger partial charge in [-0.2, -0.15) is 0 Å². The average Bonchev–Trinajstić information content (AvgIpc) is 3.19. The van der Waals surface area contributed by atoms with Crippen molar-refractivity contribution in [3.63, 3.8) is 0 Å². The van der Waals surface area contributed by atoms with Crippen molar-refractivity contribution in [3.8, 4) is 5.75 Å². The molecule has 0 N–H and O–H groups in total. The normalized spacial score (nSPS) is 15.1. The Kier molecular flexibility index (Phi) is 8.26. The molecule has 1 aliphatic heterocycles. The smallest absolute Gasteiger partial charge is 0.338 e. The Labute approximate surface area is 225 Å². The minimum Gasteiger partial charge on any atom is -0.463 e. The molecule has 8 nitrogen and oxygen atoms in total. The number of allylic oxidation sites excluding steroid dienone is 1. The molecule has 9 heteroatoms. The summed E-state index contributed by atoms with van der Waals surface area (Å²) in [7, 11) is 0. The first-order valence-corrected chi connectivity index (χ1v) is 13.4. The zero-order valence-electron chi connectivity index (χ0n) is 22.2. The molecule has 0 bridgehead atoms. The van der Waals surface area contributed by atoms with Gasteiger partial charge in [0.15, 0.2) is 4.80 Å². The lowest BCUT2D eigenvalue weighted by Crippen LogP contribution is -2.39. The molecule has 0 aliphatic carbocycles. The van der Waals surface area contributed by atoms with Crippen LogP contribution in [-0.2, 0) is 14.3 Å². The summed E-state index contributed by atoms with van der Waals surface area (Å²) in [5.74, 6) is -0.580. The second-order valence-electron chi connectivity index (χ2n) is 8.73. The van der Waals surface area contributed by atoms with Gasteiger partial charge in [-0.25, -0.2) is 9.79 Å². The summed E-state index contributed by atoms with van der Waals surface area (Å²) in [6, 6.07) is 14.1. The van der Waals surface area contributed by atoms with Crippen molar-refractivity contribution < 1.29 is 19.1 Å². The zero-order chi connectivity index (χ0) is 27.4. The predicted molar refractivity (Wildman–Crippen MR) is 148 cm³/mol. The number of carbonyl (C=O) groups excluding carboxylic acids is 2. The van der Waals surface area contributed by atoms with E-state index in [4.69, 9.17) is 9.47 Å². The largest absolute Gasteiger partial charge is 0.463 e. The van der Waals surface area contributed by atoms with E-state index in [2.05, 4.69) is 23.7 Å². The molecule has 0 unspecified atom stereocenters. The van der Waals surface area contributed by atoms with Gasteiger partial charge in [0.1, 0.15) is 5.75 Å². The van der Waals surface area contributed by atoms with Crippen LogP contribution in [0.2, 0.25) is 0 Å². The minimum absolute atomic E-state index is 0.196. The molecule has 0 spiro atoms. The molecule has 1 aromatic heterocycles. The van der Waals surface area contributed by atoms with Gasteiger partial charge in [-0.3, -0.25) is 14.2 Å². The van der Waals surface area contributed by atoms with Crippen LogP contribution in [0, 0.1) is 0 Å². The van der Waals surface area contributed by atoms with Crippen molar-refractivity contribution in [2.75, 3.05) is 24.6 Å². The van der Waals surface area contributed by atoms with Crippen LogP contribution in [0.4, 0.5) is 5.69 Å². The second kappa shape index (κ2) is 11.6. The van der Waals surface area contributed by atoms with Crippen LogP contribution in [0.25, 0.3) is 6.08 Å². The van der Waals surface area contributed by atoms with Crippen molar-refractivity contribution in [1.29, 1.82) is 0 Å². The summed E-state index contributed by atoms with van der Waals surface area (Å²) >= 11 is 1.28.